The first-order valence-electron chi connectivity index (χ1n) is 5.96. The molecule has 0 aromatic heterocycles. The highest BCUT2D eigenvalue weighted by atomic mass is 16.5. The van der Waals surface area contributed by atoms with Gasteiger partial charge in [0.25, 0.3) is 0 Å². The van der Waals surface area contributed by atoms with Crippen LogP contribution in [0.3, 0.4) is 0 Å². The minimum atomic E-state index is 0.288. The molecular weight excluding hydrogens is 200 g/mol. The molecule has 0 bridgehead atoms. The number of methoxy groups -OCH3 is 1. The third kappa shape index (κ3) is 2.67. The monoisotopic (exact) mass is 220 g/mol. The van der Waals surface area contributed by atoms with Crippen LogP contribution in [0.4, 0.5) is 5.69 Å². The lowest BCUT2D eigenvalue weighted by atomic mass is 9.91. The Morgan fingerprint density at radius 1 is 1.19 bits per heavy atom. The van der Waals surface area contributed by atoms with Crippen LogP contribution in [0.1, 0.15) is 25.7 Å². The lowest BCUT2D eigenvalue weighted by Gasteiger charge is -2.30. The van der Waals surface area contributed by atoms with Crippen molar-refractivity contribution in [1.29, 1.82) is 0 Å². The summed E-state index contributed by atoms with van der Waals surface area (Å²) in [5, 5.41) is 3.50. The normalized spacial score (nSPS) is 25.1. The van der Waals surface area contributed by atoms with E-state index in [0.717, 1.165) is 17.9 Å². The van der Waals surface area contributed by atoms with Crippen LogP contribution in [0.5, 0.6) is 5.75 Å². The Morgan fingerprint density at radius 3 is 2.50 bits per heavy atom. The smallest absolute Gasteiger partial charge is 0.119 e. The molecule has 0 saturated heterocycles. The Morgan fingerprint density at radius 2 is 1.88 bits per heavy atom. The molecule has 1 aliphatic carbocycles. The molecule has 0 radical (unpaired) electrons. The van der Waals surface area contributed by atoms with Crippen LogP contribution in [0.25, 0.3) is 0 Å². The zero-order chi connectivity index (χ0) is 11.4. The van der Waals surface area contributed by atoms with Crippen LogP contribution < -0.4 is 15.8 Å². The number of benzene rings is 1. The van der Waals surface area contributed by atoms with Crippen molar-refractivity contribution in [3.05, 3.63) is 24.3 Å². The largest absolute Gasteiger partial charge is 0.497 e. The number of nitrogens with two attached hydrogens (primary N) is 1. The maximum Gasteiger partial charge on any atom is 0.119 e. The number of rotatable bonds is 3. The molecular formula is C13H20N2O. The highest BCUT2D eigenvalue weighted by Gasteiger charge is 2.21. The van der Waals surface area contributed by atoms with Gasteiger partial charge in [0.15, 0.2) is 0 Å². The van der Waals surface area contributed by atoms with E-state index < -0.39 is 0 Å². The minimum absolute atomic E-state index is 0.288. The van der Waals surface area contributed by atoms with Crippen LogP contribution in [0.2, 0.25) is 0 Å². The molecule has 88 valence electrons. The molecule has 1 aromatic carbocycles. The van der Waals surface area contributed by atoms with E-state index in [9.17, 15) is 0 Å². The molecule has 0 amide bonds. The molecule has 3 heteroatoms. The summed E-state index contributed by atoms with van der Waals surface area (Å²) in [5.74, 6) is 0.887. The van der Waals surface area contributed by atoms with Crippen LogP contribution in [-0.2, 0) is 0 Å². The van der Waals surface area contributed by atoms with Crippen LogP contribution in [0.15, 0.2) is 24.3 Å². The Kier molecular flexibility index (Phi) is 3.67. The van der Waals surface area contributed by atoms with Gasteiger partial charge in [-0.15, -0.1) is 0 Å². The summed E-state index contributed by atoms with van der Waals surface area (Å²) in [5.41, 5.74) is 7.22. The molecule has 2 rings (SSSR count). The van der Waals surface area contributed by atoms with Crippen molar-refractivity contribution in [3.63, 3.8) is 0 Å². The molecule has 0 aliphatic heterocycles. The highest BCUT2D eigenvalue weighted by molar-refractivity contribution is 5.47. The standard InChI is InChI=1S/C13H20N2O/c1-16-11-8-6-10(7-9-11)15-13-5-3-2-4-12(13)14/h6-9,12-13,15H,2-5,14H2,1H3/t12-,13+/m0/s1. The van der Waals surface area contributed by atoms with Crippen molar-refractivity contribution in [3.8, 4) is 5.75 Å². The average Bonchev–Trinajstić information content (AvgIpc) is 2.33. The first kappa shape index (κ1) is 11.3. The maximum absolute atomic E-state index is 6.10. The summed E-state index contributed by atoms with van der Waals surface area (Å²) >= 11 is 0. The van der Waals surface area contributed by atoms with Crippen molar-refractivity contribution >= 4 is 5.69 Å². The minimum Gasteiger partial charge on any atom is -0.497 e. The maximum atomic E-state index is 6.10. The summed E-state index contributed by atoms with van der Waals surface area (Å²) in [4.78, 5) is 0. The lowest BCUT2D eigenvalue weighted by molar-refractivity contribution is 0.403. The van der Waals surface area contributed by atoms with E-state index in [1.165, 1.54) is 19.3 Å². The second-order valence-electron chi connectivity index (χ2n) is 4.43. The quantitative estimate of drug-likeness (QED) is 0.822. The molecule has 1 aliphatic rings. The van der Waals surface area contributed by atoms with Gasteiger partial charge in [-0.25, -0.2) is 0 Å². The SMILES string of the molecule is COc1ccc(N[C@@H]2CCCC[C@@H]2N)cc1. The number of hydrogen-bond donors (Lipinski definition) is 2. The first-order valence-corrected chi connectivity index (χ1v) is 5.96. The first-order chi connectivity index (χ1) is 7.79. The van der Waals surface area contributed by atoms with E-state index >= 15 is 0 Å². The van der Waals surface area contributed by atoms with Crippen molar-refractivity contribution < 1.29 is 4.74 Å². The van der Waals surface area contributed by atoms with E-state index in [2.05, 4.69) is 5.32 Å². The molecule has 0 spiro atoms. The van der Waals surface area contributed by atoms with Crippen molar-refractivity contribution in [2.45, 2.75) is 37.8 Å². The second kappa shape index (κ2) is 5.21. The summed E-state index contributed by atoms with van der Waals surface area (Å²) in [6.45, 7) is 0. The van der Waals surface area contributed by atoms with Gasteiger partial charge in [-0.2, -0.15) is 0 Å². The van der Waals surface area contributed by atoms with Gasteiger partial charge in [0.05, 0.1) is 7.11 Å². The number of anilines is 1. The molecule has 3 N–H and O–H groups in total. The Hall–Kier alpha value is -1.22. The number of hydrogen-bond acceptors (Lipinski definition) is 3. The molecule has 1 aromatic rings. The van der Waals surface area contributed by atoms with Crippen molar-refractivity contribution in [2.75, 3.05) is 12.4 Å². The predicted octanol–water partition coefficient (Wildman–Crippen LogP) is 2.38. The molecule has 3 nitrogen and oxygen atoms in total. The molecule has 0 unspecified atom stereocenters. The van der Waals surface area contributed by atoms with E-state index in [1.54, 1.807) is 7.11 Å². The molecule has 1 fully saturated rings. The summed E-state index contributed by atoms with van der Waals surface area (Å²) in [6.07, 6.45) is 4.85. The topological polar surface area (TPSA) is 47.3 Å². The lowest BCUT2D eigenvalue weighted by Crippen LogP contribution is -2.42. The van der Waals surface area contributed by atoms with E-state index in [-0.39, 0.29) is 6.04 Å². The Bertz CT molecular complexity index is 323. The van der Waals surface area contributed by atoms with Crippen LogP contribution >= 0.6 is 0 Å². The summed E-state index contributed by atoms with van der Waals surface area (Å²) < 4.78 is 5.13. The third-order valence-corrected chi connectivity index (χ3v) is 3.26. The van der Waals surface area contributed by atoms with Gasteiger partial charge in [-0.1, -0.05) is 12.8 Å². The summed E-state index contributed by atoms with van der Waals surface area (Å²) in [6, 6.07) is 8.73. The van der Waals surface area contributed by atoms with Gasteiger partial charge in [-0.05, 0) is 37.1 Å². The highest BCUT2D eigenvalue weighted by Crippen LogP contribution is 2.22. The van der Waals surface area contributed by atoms with Gasteiger partial charge in [0.2, 0.25) is 0 Å². The van der Waals surface area contributed by atoms with Gasteiger partial charge in [0, 0.05) is 17.8 Å². The van der Waals surface area contributed by atoms with Crippen molar-refractivity contribution in [1.82, 2.24) is 0 Å². The Balaban J connectivity index is 1.96. The Labute approximate surface area is 97.0 Å². The van der Waals surface area contributed by atoms with E-state index in [4.69, 9.17) is 10.5 Å². The molecule has 1 saturated carbocycles. The molecule has 2 atom stereocenters. The van der Waals surface area contributed by atoms with E-state index in [1.807, 2.05) is 24.3 Å². The van der Waals surface area contributed by atoms with E-state index in [0.29, 0.717) is 6.04 Å². The fraction of sp³-hybridized carbons (Fsp3) is 0.538. The van der Waals surface area contributed by atoms with Gasteiger partial charge in [0.1, 0.15) is 5.75 Å². The number of ether oxygens (including phenoxy) is 1. The third-order valence-electron chi connectivity index (χ3n) is 3.26. The van der Waals surface area contributed by atoms with Crippen LogP contribution in [0, 0.1) is 0 Å². The fourth-order valence-electron chi connectivity index (χ4n) is 2.24. The van der Waals surface area contributed by atoms with Gasteiger partial charge < -0.3 is 15.8 Å². The zero-order valence-electron chi connectivity index (χ0n) is 9.78. The molecule has 0 heterocycles. The predicted molar refractivity (Wildman–Crippen MR) is 66.8 cm³/mol. The van der Waals surface area contributed by atoms with Gasteiger partial charge >= 0.3 is 0 Å². The fourth-order valence-corrected chi connectivity index (χ4v) is 2.24. The van der Waals surface area contributed by atoms with Gasteiger partial charge in [-0.3, -0.25) is 0 Å². The van der Waals surface area contributed by atoms with Crippen LogP contribution in [-0.4, -0.2) is 19.2 Å². The number of nitrogens with one attached hydrogen (secondary N) is 1. The second-order valence-corrected chi connectivity index (χ2v) is 4.43. The zero-order valence-corrected chi connectivity index (χ0v) is 9.78. The average molecular weight is 220 g/mol. The molecule has 16 heavy (non-hydrogen) atoms. The van der Waals surface area contributed by atoms with Crippen molar-refractivity contribution in [2.24, 2.45) is 5.73 Å². The summed E-state index contributed by atoms with van der Waals surface area (Å²) in [7, 11) is 1.68.